The molecule has 0 saturated heterocycles. The van der Waals surface area contributed by atoms with Crippen LogP contribution in [0.25, 0.3) is 0 Å². The van der Waals surface area contributed by atoms with Crippen LogP contribution in [0.3, 0.4) is 0 Å². The molecule has 0 aromatic heterocycles. The molecule has 0 aliphatic carbocycles. The van der Waals surface area contributed by atoms with Crippen molar-refractivity contribution in [2.24, 2.45) is 0 Å². The van der Waals surface area contributed by atoms with E-state index in [4.69, 9.17) is 9.47 Å². The largest absolute Gasteiger partial charge is 0.465 e. The van der Waals surface area contributed by atoms with Gasteiger partial charge in [0.1, 0.15) is 11.6 Å². The molecule has 0 spiro atoms. The van der Waals surface area contributed by atoms with Gasteiger partial charge in [-0.15, -0.1) is 0 Å². The molecule has 3 N–H and O–H groups in total. The van der Waals surface area contributed by atoms with E-state index in [2.05, 4.69) is 4.90 Å². The predicted molar refractivity (Wildman–Crippen MR) is 199 cm³/mol. The Hall–Kier alpha value is -4.97. The van der Waals surface area contributed by atoms with Crippen LogP contribution in [0.1, 0.15) is 40.3 Å². The Morgan fingerprint density at radius 1 is 0.642 bits per heavy atom. The maximum absolute atomic E-state index is 14.4. The molecule has 0 aliphatic rings. The maximum Gasteiger partial charge on any atom is 0.407 e. The first kappa shape index (κ1) is 39.2. The van der Waals surface area contributed by atoms with Gasteiger partial charge in [-0.3, -0.25) is 4.90 Å². The van der Waals surface area contributed by atoms with Crippen LogP contribution < -0.4 is 0 Å². The molecule has 0 aliphatic heterocycles. The minimum Gasteiger partial charge on any atom is -0.465 e. The molecule has 10 heteroatoms. The van der Waals surface area contributed by atoms with Crippen molar-refractivity contribution >= 4 is 6.09 Å². The number of ether oxygens (including phenoxy) is 2. The first-order chi connectivity index (χ1) is 25.7. The van der Waals surface area contributed by atoms with Crippen LogP contribution in [0.15, 0.2) is 140 Å². The molecule has 8 nitrogen and oxygen atoms in total. The van der Waals surface area contributed by atoms with Crippen LogP contribution in [0, 0.1) is 11.6 Å². The number of hydrogen-bond donors (Lipinski definition) is 3. The number of halogens is 2. The van der Waals surface area contributed by atoms with Gasteiger partial charge in [-0.1, -0.05) is 121 Å². The van der Waals surface area contributed by atoms with Gasteiger partial charge in [0.05, 0.1) is 51.2 Å². The third-order valence-electron chi connectivity index (χ3n) is 8.92. The molecule has 0 heterocycles. The van der Waals surface area contributed by atoms with Gasteiger partial charge >= 0.3 is 6.09 Å². The Kier molecular flexibility index (Phi) is 15.0. The van der Waals surface area contributed by atoms with Crippen molar-refractivity contribution in [2.75, 3.05) is 19.7 Å². The molecular weight excluding hydrogens is 678 g/mol. The van der Waals surface area contributed by atoms with E-state index in [1.165, 1.54) is 0 Å². The molecule has 53 heavy (non-hydrogen) atoms. The van der Waals surface area contributed by atoms with Crippen LogP contribution in [0.5, 0.6) is 0 Å². The fourth-order valence-electron chi connectivity index (χ4n) is 6.30. The van der Waals surface area contributed by atoms with E-state index in [1.54, 1.807) is 0 Å². The highest BCUT2D eigenvalue weighted by Gasteiger charge is 2.34. The summed E-state index contributed by atoms with van der Waals surface area (Å²) >= 11 is 0. The Morgan fingerprint density at radius 2 is 1.11 bits per heavy atom. The summed E-state index contributed by atoms with van der Waals surface area (Å²) < 4.78 is 41.1. The number of nitrogens with zero attached hydrogens (tertiary/aromatic N) is 2. The summed E-state index contributed by atoms with van der Waals surface area (Å²) in [7, 11) is 0. The van der Waals surface area contributed by atoms with Crippen molar-refractivity contribution in [1.82, 2.24) is 9.80 Å². The van der Waals surface area contributed by atoms with Gasteiger partial charge in [0, 0.05) is 25.2 Å². The third-order valence-corrected chi connectivity index (χ3v) is 8.92. The van der Waals surface area contributed by atoms with Crippen molar-refractivity contribution in [3.8, 4) is 0 Å². The maximum atomic E-state index is 14.4. The number of amides is 1. The van der Waals surface area contributed by atoms with Crippen molar-refractivity contribution in [3.63, 3.8) is 0 Å². The van der Waals surface area contributed by atoms with Gasteiger partial charge in [0.15, 0.2) is 0 Å². The highest BCUT2D eigenvalue weighted by Crippen LogP contribution is 2.29. The van der Waals surface area contributed by atoms with Crippen LogP contribution in [0.4, 0.5) is 13.6 Å². The SMILES string of the molecule is O=C(O)N(C[C@@H](O)COCc1ccccc1)C[C@@H](OCc1ccccc1)[C@@H](C[C@@H](O)c1cc(F)cc(F)c1)N(Cc1ccccc1)Cc1ccccc1. The molecule has 5 rings (SSSR count). The summed E-state index contributed by atoms with van der Waals surface area (Å²) in [5.74, 6) is -1.64. The standard InChI is InChI=1S/C43H46F2N2O6/c44-37-21-36(22-38(45)23-37)41(49)24-40(46(25-32-13-5-1-6-14-32)26-33-15-7-2-8-16-33)42(53-30-35-19-11-4-12-20-35)28-47(43(50)51)27-39(48)31-52-29-34-17-9-3-10-18-34/h1-23,39-42,48-49H,24-31H2,(H,50,51)/t39-,40-,41-,42-/m1/s1. The first-order valence-corrected chi connectivity index (χ1v) is 17.6. The number of rotatable bonds is 20. The monoisotopic (exact) mass is 724 g/mol. The first-order valence-electron chi connectivity index (χ1n) is 17.6. The molecule has 5 aromatic carbocycles. The van der Waals surface area contributed by atoms with E-state index >= 15 is 0 Å². The molecular formula is C43H46F2N2O6. The Morgan fingerprint density at radius 3 is 1.60 bits per heavy atom. The summed E-state index contributed by atoms with van der Waals surface area (Å²) in [6, 6.07) is 40.5. The third kappa shape index (κ3) is 12.9. The molecule has 4 atom stereocenters. The second kappa shape index (κ2) is 20.3. The predicted octanol–water partition coefficient (Wildman–Crippen LogP) is 7.60. The average Bonchev–Trinajstić information content (AvgIpc) is 3.16. The molecule has 0 radical (unpaired) electrons. The lowest BCUT2D eigenvalue weighted by Crippen LogP contribution is -2.52. The topological polar surface area (TPSA) is 103 Å². The fourth-order valence-corrected chi connectivity index (χ4v) is 6.30. The summed E-state index contributed by atoms with van der Waals surface area (Å²) in [5, 5.41) is 33.0. The van der Waals surface area contributed by atoms with Gasteiger partial charge in [-0.05, 0) is 46.4 Å². The van der Waals surface area contributed by atoms with Crippen molar-refractivity contribution < 1.29 is 38.4 Å². The minimum absolute atomic E-state index is 0.0507. The van der Waals surface area contributed by atoms with Gasteiger partial charge < -0.3 is 29.7 Å². The minimum atomic E-state index is -1.34. The van der Waals surface area contributed by atoms with Crippen LogP contribution >= 0.6 is 0 Å². The van der Waals surface area contributed by atoms with E-state index in [0.29, 0.717) is 13.1 Å². The summed E-state index contributed by atoms with van der Waals surface area (Å²) in [5.41, 5.74) is 3.73. The molecule has 0 saturated carbocycles. The number of aliphatic hydroxyl groups is 2. The lowest BCUT2D eigenvalue weighted by atomic mass is 9.95. The highest BCUT2D eigenvalue weighted by atomic mass is 19.1. The molecule has 0 fully saturated rings. The summed E-state index contributed by atoms with van der Waals surface area (Å²) in [6.07, 6.45) is -4.70. The second-order valence-corrected chi connectivity index (χ2v) is 13.1. The number of carboxylic acid groups (broad SMARTS) is 1. The van der Waals surface area contributed by atoms with Gasteiger partial charge in [-0.25, -0.2) is 13.6 Å². The molecule has 278 valence electrons. The van der Waals surface area contributed by atoms with Crippen LogP contribution in [0.2, 0.25) is 0 Å². The number of carbonyl (C=O) groups is 1. The smallest absolute Gasteiger partial charge is 0.407 e. The van der Waals surface area contributed by atoms with E-state index < -0.39 is 42.1 Å². The summed E-state index contributed by atoms with van der Waals surface area (Å²) in [4.78, 5) is 16.0. The van der Waals surface area contributed by atoms with Crippen molar-refractivity contribution in [2.45, 2.75) is 57.1 Å². The number of aliphatic hydroxyl groups excluding tert-OH is 2. The van der Waals surface area contributed by atoms with Gasteiger partial charge in [0.25, 0.3) is 0 Å². The Balaban J connectivity index is 1.49. The molecule has 0 unspecified atom stereocenters. The Labute approximate surface area is 309 Å². The summed E-state index contributed by atoms with van der Waals surface area (Å²) in [6.45, 7) is 0.590. The van der Waals surface area contributed by atoms with Crippen molar-refractivity contribution in [3.05, 3.63) is 179 Å². The zero-order valence-corrected chi connectivity index (χ0v) is 29.5. The van der Waals surface area contributed by atoms with Gasteiger partial charge in [0.2, 0.25) is 0 Å². The molecule has 1 amide bonds. The Bertz CT molecular complexity index is 1740. The van der Waals surface area contributed by atoms with E-state index in [-0.39, 0.29) is 44.9 Å². The second-order valence-electron chi connectivity index (χ2n) is 13.1. The lowest BCUT2D eigenvalue weighted by molar-refractivity contribution is -0.0631. The van der Waals surface area contributed by atoms with Crippen molar-refractivity contribution in [1.29, 1.82) is 0 Å². The average molecular weight is 725 g/mol. The zero-order chi connectivity index (χ0) is 37.4. The highest BCUT2D eigenvalue weighted by molar-refractivity contribution is 5.65. The normalized spacial score (nSPS) is 13.7. The van der Waals surface area contributed by atoms with E-state index in [1.807, 2.05) is 121 Å². The molecule has 5 aromatic rings. The quantitative estimate of drug-likeness (QED) is 0.0760. The van der Waals surface area contributed by atoms with Crippen LogP contribution in [-0.4, -0.2) is 69.2 Å². The van der Waals surface area contributed by atoms with E-state index in [9.17, 15) is 28.9 Å². The number of hydrogen-bond acceptors (Lipinski definition) is 6. The zero-order valence-electron chi connectivity index (χ0n) is 29.5. The lowest BCUT2D eigenvalue weighted by Gasteiger charge is -2.40. The molecule has 0 bridgehead atoms. The van der Waals surface area contributed by atoms with E-state index in [0.717, 1.165) is 45.4 Å². The number of benzene rings is 5. The van der Waals surface area contributed by atoms with Gasteiger partial charge in [-0.2, -0.15) is 0 Å². The fraction of sp³-hybridized carbons (Fsp3) is 0.279. The van der Waals surface area contributed by atoms with Crippen LogP contribution in [-0.2, 0) is 35.8 Å².